The van der Waals surface area contributed by atoms with Gasteiger partial charge in [0.15, 0.2) is 0 Å². The van der Waals surface area contributed by atoms with Crippen LogP contribution < -0.4 is 10.0 Å². The van der Waals surface area contributed by atoms with Crippen molar-refractivity contribution >= 4 is 62.1 Å². The van der Waals surface area contributed by atoms with Crippen molar-refractivity contribution in [2.24, 2.45) is 0 Å². The first-order chi connectivity index (χ1) is 10.7. The Bertz CT molecular complexity index is 852. The minimum Gasteiger partial charge on any atom is -0.326 e. The van der Waals surface area contributed by atoms with Gasteiger partial charge in [0.1, 0.15) is 0 Å². The van der Waals surface area contributed by atoms with Crippen LogP contribution in [0.4, 0.5) is 11.4 Å². The minimum absolute atomic E-state index is 0.00809. The third-order valence-corrected chi connectivity index (χ3v) is 5.16. The predicted molar refractivity (Wildman–Crippen MR) is 93.0 cm³/mol. The predicted octanol–water partition coefficient (Wildman–Crippen LogP) is 4.41. The average molecular weight is 394 g/mol. The number of hydrogen-bond donors (Lipinski definition) is 2. The molecule has 2 N–H and O–H groups in total. The topological polar surface area (TPSA) is 75.3 Å². The summed E-state index contributed by atoms with van der Waals surface area (Å²) in [7, 11) is -3.86. The van der Waals surface area contributed by atoms with Gasteiger partial charge in [0, 0.05) is 12.6 Å². The van der Waals surface area contributed by atoms with E-state index in [1.807, 2.05) is 0 Å². The molecule has 0 aromatic heterocycles. The Kier molecular flexibility index (Phi) is 5.41. The number of halogens is 3. The average Bonchev–Trinajstić information content (AvgIpc) is 2.44. The van der Waals surface area contributed by atoms with Gasteiger partial charge in [0.05, 0.1) is 25.7 Å². The Labute approximate surface area is 148 Å². The summed E-state index contributed by atoms with van der Waals surface area (Å²) in [6.07, 6.45) is 0. The first-order valence-electron chi connectivity index (χ1n) is 6.24. The highest BCUT2D eigenvalue weighted by atomic mass is 35.5. The lowest BCUT2D eigenvalue weighted by Gasteiger charge is -2.11. The molecule has 9 heteroatoms. The van der Waals surface area contributed by atoms with Gasteiger partial charge in [-0.25, -0.2) is 8.42 Å². The number of nitrogens with one attached hydrogen (secondary N) is 2. The number of anilines is 2. The molecule has 122 valence electrons. The van der Waals surface area contributed by atoms with Crippen molar-refractivity contribution in [2.75, 3.05) is 10.0 Å². The Hall–Kier alpha value is -1.47. The normalized spacial score (nSPS) is 11.1. The molecule has 23 heavy (non-hydrogen) atoms. The number of rotatable bonds is 4. The van der Waals surface area contributed by atoms with Crippen molar-refractivity contribution < 1.29 is 13.2 Å². The summed E-state index contributed by atoms with van der Waals surface area (Å²) in [5.74, 6) is -0.249. The molecule has 0 atom stereocenters. The van der Waals surface area contributed by atoms with Crippen LogP contribution in [-0.4, -0.2) is 14.3 Å². The zero-order chi connectivity index (χ0) is 17.2. The van der Waals surface area contributed by atoms with Crippen molar-refractivity contribution in [3.05, 3.63) is 51.5 Å². The molecule has 2 aromatic carbocycles. The molecule has 0 heterocycles. The van der Waals surface area contributed by atoms with E-state index in [2.05, 4.69) is 10.0 Å². The van der Waals surface area contributed by atoms with Gasteiger partial charge in [-0.1, -0.05) is 34.8 Å². The van der Waals surface area contributed by atoms with Crippen molar-refractivity contribution in [3.8, 4) is 0 Å². The molecule has 0 aliphatic rings. The molecule has 2 rings (SSSR count). The van der Waals surface area contributed by atoms with Crippen LogP contribution in [0.5, 0.6) is 0 Å². The van der Waals surface area contributed by atoms with E-state index >= 15 is 0 Å². The van der Waals surface area contributed by atoms with Crippen LogP contribution in [0, 0.1) is 0 Å². The lowest BCUT2D eigenvalue weighted by atomic mass is 10.3. The zero-order valence-electron chi connectivity index (χ0n) is 11.7. The van der Waals surface area contributed by atoms with Crippen LogP contribution in [0.1, 0.15) is 6.92 Å². The lowest BCUT2D eigenvalue weighted by Crippen LogP contribution is -2.13. The number of sulfonamides is 1. The van der Waals surface area contributed by atoms with Gasteiger partial charge in [-0.05, 0) is 36.4 Å². The molecule has 0 saturated heterocycles. The molecule has 1 amide bonds. The maximum atomic E-state index is 12.4. The second-order valence-corrected chi connectivity index (χ2v) is 7.46. The van der Waals surface area contributed by atoms with E-state index < -0.39 is 10.0 Å². The van der Waals surface area contributed by atoms with Gasteiger partial charge < -0.3 is 5.32 Å². The van der Waals surface area contributed by atoms with Crippen LogP contribution >= 0.6 is 34.8 Å². The summed E-state index contributed by atoms with van der Waals surface area (Å²) in [6.45, 7) is 1.36. The third-order valence-electron chi connectivity index (χ3n) is 2.74. The van der Waals surface area contributed by atoms with Gasteiger partial charge in [0.2, 0.25) is 5.91 Å². The van der Waals surface area contributed by atoms with E-state index in [1.54, 1.807) is 0 Å². The van der Waals surface area contributed by atoms with Gasteiger partial charge in [-0.3, -0.25) is 9.52 Å². The number of benzene rings is 2. The summed E-state index contributed by atoms with van der Waals surface area (Å²) in [6, 6.07) is 8.36. The van der Waals surface area contributed by atoms with Crippen molar-refractivity contribution in [2.45, 2.75) is 11.8 Å². The lowest BCUT2D eigenvalue weighted by molar-refractivity contribution is -0.114. The third kappa shape index (κ3) is 4.51. The van der Waals surface area contributed by atoms with Crippen molar-refractivity contribution in [3.63, 3.8) is 0 Å². The Balaban J connectivity index is 2.28. The van der Waals surface area contributed by atoms with Gasteiger partial charge in [-0.2, -0.15) is 0 Å². The Morgan fingerprint density at radius 3 is 2.09 bits per heavy atom. The molecule has 5 nitrogen and oxygen atoms in total. The summed E-state index contributed by atoms with van der Waals surface area (Å²) in [5.41, 5.74) is 0.607. The fourth-order valence-corrected chi connectivity index (χ4v) is 3.45. The largest absolute Gasteiger partial charge is 0.326 e. The minimum atomic E-state index is -3.86. The van der Waals surface area contributed by atoms with Crippen LogP contribution in [0.15, 0.2) is 41.3 Å². The second kappa shape index (κ2) is 6.97. The fraction of sp³-hybridized carbons (Fsp3) is 0.0714. The van der Waals surface area contributed by atoms with E-state index in [0.717, 1.165) is 0 Å². The van der Waals surface area contributed by atoms with E-state index in [1.165, 1.54) is 43.3 Å². The van der Waals surface area contributed by atoms with Crippen LogP contribution in [0.3, 0.4) is 0 Å². The molecule has 0 aliphatic carbocycles. The molecule has 2 aromatic rings. The van der Waals surface area contributed by atoms with Gasteiger partial charge >= 0.3 is 0 Å². The van der Waals surface area contributed by atoms with Crippen molar-refractivity contribution in [1.82, 2.24) is 0 Å². The smallest absolute Gasteiger partial charge is 0.261 e. The zero-order valence-corrected chi connectivity index (χ0v) is 14.8. The summed E-state index contributed by atoms with van der Waals surface area (Å²) in [5, 5.41) is 3.07. The maximum absolute atomic E-state index is 12.4. The maximum Gasteiger partial charge on any atom is 0.261 e. The number of amides is 1. The van der Waals surface area contributed by atoms with Crippen molar-refractivity contribution in [1.29, 1.82) is 0 Å². The van der Waals surface area contributed by atoms with Crippen LogP contribution in [-0.2, 0) is 14.8 Å². The number of hydrogen-bond acceptors (Lipinski definition) is 3. The van der Waals surface area contributed by atoms with E-state index in [4.69, 9.17) is 34.8 Å². The quantitative estimate of drug-likeness (QED) is 0.756. The standard InChI is InChI=1S/C14H11Cl3N2O3S/c1-8(20)18-9-2-4-10(5-3-9)23(21,22)19-14-7-12(16)11(15)6-13(14)17/h2-7,19H,1H3,(H,18,20). The van der Waals surface area contributed by atoms with E-state index in [0.29, 0.717) is 5.69 Å². The number of carbonyl (C=O) groups is 1. The first-order valence-corrected chi connectivity index (χ1v) is 8.86. The van der Waals surface area contributed by atoms with E-state index in [-0.39, 0.29) is 31.6 Å². The van der Waals surface area contributed by atoms with E-state index in [9.17, 15) is 13.2 Å². The molecule has 0 aliphatic heterocycles. The molecule has 0 fully saturated rings. The van der Waals surface area contributed by atoms with Crippen LogP contribution in [0.2, 0.25) is 15.1 Å². The molecule has 0 bridgehead atoms. The molecular formula is C14H11Cl3N2O3S. The Morgan fingerprint density at radius 1 is 0.957 bits per heavy atom. The molecule has 0 saturated carbocycles. The fourth-order valence-electron chi connectivity index (χ4n) is 1.73. The first kappa shape index (κ1) is 17.9. The molecular weight excluding hydrogens is 383 g/mol. The second-order valence-electron chi connectivity index (χ2n) is 4.56. The summed E-state index contributed by atoms with van der Waals surface area (Å²) >= 11 is 17.6. The van der Waals surface area contributed by atoms with Gasteiger partial charge in [0.25, 0.3) is 10.0 Å². The van der Waals surface area contributed by atoms with Crippen LogP contribution in [0.25, 0.3) is 0 Å². The highest BCUT2D eigenvalue weighted by molar-refractivity contribution is 7.92. The highest BCUT2D eigenvalue weighted by Gasteiger charge is 2.17. The Morgan fingerprint density at radius 2 is 1.52 bits per heavy atom. The molecule has 0 radical (unpaired) electrons. The highest BCUT2D eigenvalue weighted by Crippen LogP contribution is 2.33. The SMILES string of the molecule is CC(=O)Nc1ccc(S(=O)(=O)Nc2cc(Cl)c(Cl)cc2Cl)cc1. The summed E-state index contributed by atoms with van der Waals surface area (Å²) < 4.78 is 27.0. The molecule has 0 spiro atoms. The molecule has 0 unspecified atom stereocenters. The number of carbonyl (C=O) groups excluding carboxylic acids is 1. The monoisotopic (exact) mass is 392 g/mol. The van der Waals surface area contributed by atoms with Gasteiger partial charge in [-0.15, -0.1) is 0 Å². The summed E-state index contributed by atoms with van der Waals surface area (Å²) in [4.78, 5) is 11.0.